The lowest BCUT2D eigenvalue weighted by Crippen LogP contribution is -2.40. The lowest BCUT2D eigenvalue weighted by Gasteiger charge is -2.31. The van der Waals surface area contributed by atoms with Crippen LogP contribution in [0.5, 0.6) is 5.75 Å². The summed E-state index contributed by atoms with van der Waals surface area (Å²) < 4.78 is 7.59. The van der Waals surface area contributed by atoms with Gasteiger partial charge < -0.3 is 14.6 Å². The number of methoxy groups -OCH3 is 1. The molecule has 180 valence electrons. The van der Waals surface area contributed by atoms with E-state index < -0.39 is 0 Å². The highest BCUT2D eigenvalue weighted by atomic mass is 35.5. The van der Waals surface area contributed by atoms with Gasteiger partial charge in [0.2, 0.25) is 5.91 Å². The van der Waals surface area contributed by atoms with Crippen molar-refractivity contribution in [1.82, 2.24) is 14.5 Å². The predicted octanol–water partition coefficient (Wildman–Crippen LogP) is 5.60. The fourth-order valence-electron chi connectivity index (χ4n) is 4.76. The fraction of sp³-hybridized carbons (Fsp3) is 0.286. The highest BCUT2D eigenvalue weighted by Crippen LogP contribution is 2.24. The number of nitrogens with one attached hydrogen (secondary N) is 1. The van der Waals surface area contributed by atoms with Crippen molar-refractivity contribution in [2.45, 2.75) is 25.9 Å². The lowest BCUT2D eigenvalue weighted by molar-refractivity contribution is -0.121. The van der Waals surface area contributed by atoms with Gasteiger partial charge in [-0.3, -0.25) is 9.69 Å². The Hall–Kier alpha value is -3.35. The highest BCUT2D eigenvalue weighted by Gasteiger charge is 2.27. The second kappa shape index (κ2) is 10.5. The third kappa shape index (κ3) is 5.50. The molecule has 0 bridgehead atoms. The summed E-state index contributed by atoms with van der Waals surface area (Å²) in [5, 5.41) is 3.65. The number of rotatable bonds is 7. The van der Waals surface area contributed by atoms with E-state index in [0.29, 0.717) is 18.1 Å². The van der Waals surface area contributed by atoms with Crippen molar-refractivity contribution < 1.29 is 9.53 Å². The summed E-state index contributed by atoms with van der Waals surface area (Å²) in [5.41, 5.74) is 4.03. The van der Waals surface area contributed by atoms with Gasteiger partial charge in [0, 0.05) is 23.8 Å². The summed E-state index contributed by atoms with van der Waals surface area (Å²) in [7, 11) is 1.68. The van der Waals surface area contributed by atoms with Gasteiger partial charge in [-0.1, -0.05) is 41.9 Å². The third-order valence-electron chi connectivity index (χ3n) is 6.57. The minimum Gasteiger partial charge on any atom is -0.497 e. The van der Waals surface area contributed by atoms with Crippen LogP contribution in [0, 0.1) is 5.92 Å². The van der Waals surface area contributed by atoms with Crippen molar-refractivity contribution >= 4 is 34.2 Å². The van der Waals surface area contributed by atoms with E-state index in [1.165, 1.54) is 5.56 Å². The number of carbonyl (C=O) groups is 1. The first-order valence-corrected chi connectivity index (χ1v) is 12.3. The number of hydrogen-bond donors (Lipinski definition) is 1. The maximum absolute atomic E-state index is 13.0. The van der Waals surface area contributed by atoms with E-state index in [9.17, 15) is 4.79 Å². The summed E-state index contributed by atoms with van der Waals surface area (Å²) >= 11 is 6.07. The van der Waals surface area contributed by atoms with Gasteiger partial charge in [-0.25, -0.2) is 4.98 Å². The molecule has 1 amide bonds. The predicted molar refractivity (Wildman–Crippen MR) is 140 cm³/mol. The average molecular weight is 489 g/mol. The van der Waals surface area contributed by atoms with E-state index in [1.807, 2.05) is 30.3 Å². The van der Waals surface area contributed by atoms with Crippen LogP contribution in [-0.2, 0) is 17.9 Å². The summed E-state index contributed by atoms with van der Waals surface area (Å²) in [6.07, 6.45) is 1.86. The lowest BCUT2D eigenvalue weighted by atomic mass is 9.97. The Bertz CT molecular complexity index is 1320. The number of piperidine rings is 1. The molecule has 1 N–H and O–H groups in total. The number of fused-ring (bicyclic) bond motifs is 1. The average Bonchev–Trinajstić information content (AvgIpc) is 3.21. The Labute approximate surface area is 210 Å². The minimum absolute atomic E-state index is 0.0451. The molecular weight excluding hydrogens is 460 g/mol. The van der Waals surface area contributed by atoms with Gasteiger partial charge >= 0.3 is 0 Å². The number of hydrogen-bond acceptors (Lipinski definition) is 4. The maximum Gasteiger partial charge on any atom is 0.228 e. The largest absolute Gasteiger partial charge is 0.497 e. The van der Waals surface area contributed by atoms with Gasteiger partial charge in [0.15, 0.2) is 0 Å². The van der Waals surface area contributed by atoms with E-state index in [1.54, 1.807) is 19.2 Å². The first-order valence-electron chi connectivity index (χ1n) is 11.9. The molecule has 0 unspecified atom stereocenters. The first-order chi connectivity index (χ1) is 17.1. The molecule has 1 aliphatic rings. The first kappa shape index (κ1) is 23.4. The molecular formula is C28H29ClN4O2. The van der Waals surface area contributed by atoms with Crippen molar-refractivity contribution in [2.75, 3.05) is 25.5 Å². The molecule has 0 aliphatic carbocycles. The molecule has 1 aromatic heterocycles. The van der Waals surface area contributed by atoms with Gasteiger partial charge in [-0.15, -0.1) is 0 Å². The Morgan fingerprint density at radius 3 is 2.71 bits per heavy atom. The molecule has 3 aromatic carbocycles. The van der Waals surface area contributed by atoms with Gasteiger partial charge in [-0.05, 0) is 67.4 Å². The van der Waals surface area contributed by atoms with Gasteiger partial charge in [-0.2, -0.15) is 0 Å². The number of likely N-dealkylation sites (tertiary alicyclic amines) is 1. The zero-order valence-corrected chi connectivity index (χ0v) is 20.5. The Balaban J connectivity index is 1.33. The van der Waals surface area contributed by atoms with Crippen molar-refractivity contribution in [1.29, 1.82) is 0 Å². The molecule has 0 spiro atoms. The van der Waals surface area contributed by atoms with Gasteiger partial charge in [0.05, 0.1) is 30.6 Å². The summed E-state index contributed by atoms with van der Waals surface area (Å²) in [6.45, 7) is 3.09. The molecule has 1 atom stereocenters. The number of halogens is 1. The second-order valence-corrected chi connectivity index (χ2v) is 9.46. The SMILES string of the molecule is COc1ccc(Cn2c(CN3CCC[C@H](C(=O)Nc4cccc(Cl)c4)C3)nc3ccccc32)cc1. The number of para-hydroxylation sites is 2. The van der Waals surface area contributed by atoms with Gasteiger partial charge in [0.25, 0.3) is 0 Å². The fourth-order valence-corrected chi connectivity index (χ4v) is 4.95. The zero-order chi connectivity index (χ0) is 24.2. The van der Waals surface area contributed by atoms with Gasteiger partial charge in [0.1, 0.15) is 11.6 Å². The Kier molecular flexibility index (Phi) is 7.02. The van der Waals surface area contributed by atoms with E-state index in [2.05, 4.69) is 45.1 Å². The monoisotopic (exact) mass is 488 g/mol. The molecule has 0 radical (unpaired) electrons. The number of amides is 1. The van der Waals surface area contributed by atoms with Crippen molar-refractivity contribution in [3.8, 4) is 5.75 Å². The van der Waals surface area contributed by atoms with Crippen LogP contribution >= 0.6 is 11.6 Å². The van der Waals surface area contributed by atoms with E-state index in [0.717, 1.165) is 54.2 Å². The van der Waals surface area contributed by atoms with Crippen LogP contribution in [0.4, 0.5) is 5.69 Å². The van der Waals surface area contributed by atoms with E-state index >= 15 is 0 Å². The Morgan fingerprint density at radius 2 is 1.91 bits per heavy atom. The Morgan fingerprint density at radius 1 is 1.09 bits per heavy atom. The molecule has 35 heavy (non-hydrogen) atoms. The highest BCUT2D eigenvalue weighted by molar-refractivity contribution is 6.30. The summed E-state index contributed by atoms with van der Waals surface area (Å²) in [5.74, 6) is 1.84. The quantitative estimate of drug-likeness (QED) is 0.368. The molecule has 7 heteroatoms. The van der Waals surface area contributed by atoms with Crippen molar-refractivity contribution in [3.05, 3.63) is 89.2 Å². The second-order valence-electron chi connectivity index (χ2n) is 9.02. The van der Waals surface area contributed by atoms with Crippen LogP contribution in [-0.4, -0.2) is 40.6 Å². The molecule has 1 saturated heterocycles. The number of imidazole rings is 1. The molecule has 4 aromatic rings. The van der Waals surface area contributed by atoms with E-state index in [4.69, 9.17) is 21.3 Å². The minimum atomic E-state index is -0.0675. The van der Waals surface area contributed by atoms with Crippen LogP contribution in [0.3, 0.4) is 0 Å². The number of aromatic nitrogens is 2. The molecule has 2 heterocycles. The topological polar surface area (TPSA) is 59.4 Å². The third-order valence-corrected chi connectivity index (χ3v) is 6.80. The number of carbonyl (C=O) groups excluding carboxylic acids is 1. The number of benzene rings is 3. The maximum atomic E-state index is 13.0. The molecule has 6 nitrogen and oxygen atoms in total. The molecule has 1 aliphatic heterocycles. The standard InChI is InChI=1S/C28H29ClN4O2/c1-35-24-13-11-20(12-14-24)17-33-26-10-3-2-9-25(26)31-27(33)19-32-15-5-6-21(18-32)28(34)30-23-8-4-7-22(29)16-23/h2-4,7-14,16,21H,5-6,15,17-19H2,1H3,(H,30,34)/t21-/m0/s1. The van der Waals surface area contributed by atoms with Crippen LogP contribution in [0.15, 0.2) is 72.8 Å². The zero-order valence-electron chi connectivity index (χ0n) is 19.8. The molecule has 5 rings (SSSR count). The van der Waals surface area contributed by atoms with Crippen LogP contribution in [0.1, 0.15) is 24.2 Å². The summed E-state index contributed by atoms with van der Waals surface area (Å²) in [4.78, 5) is 20.3. The number of ether oxygens (including phenoxy) is 1. The molecule has 0 saturated carbocycles. The van der Waals surface area contributed by atoms with Crippen LogP contribution in [0.2, 0.25) is 5.02 Å². The van der Waals surface area contributed by atoms with E-state index in [-0.39, 0.29) is 11.8 Å². The van der Waals surface area contributed by atoms with Crippen molar-refractivity contribution in [3.63, 3.8) is 0 Å². The molecule has 1 fully saturated rings. The summed E-state index contributed by atoms with van der Waals surface area (Å²) in [6, 6.07) is 23.7. The van der Waals surface area contributed by atoms with Crippen molar-refractivity contribution in [2.24, 2.45) is 5.92 Å². The normalized spacial score (nSPS) is 16.3. The smallest absolute Gasteiger partial charge is 0.228 e. The van der Waals surface area contributed by atoms with Crippen LogP contribution < -0.4 is 10.1 Å². The number of nitrogens with zero attached hydrogens (tertiary/aromatic N) is 3. The van der Waals surface area contributed by atoms with Crippen LogP contribution in [0.25, 0.3) is 11.0 Å². The number of anilines is 1.